The zero-order valence-corrected chi connectivity index (χ0v) is 5.88. The zero-order valence-electron chi connectivity index (χ0n) is 5.88. The van der Waals surface area contributed by atoms with Crippen molar-refractivity contribution in [3.63, 3.8) is 0 Å². The second kappa shape index (κ2) is 2.23. The molecule has 1 heterocycles. The van der Waals surface area contributed by atoms with Crippen LogP contribution in [0.5, 0.6) is 0 Å². The van der Waals surface area contributed by atoms with Crippen LogP contribution in [-0.4, -0.2) is 24.1 Å². The number of hydroxylamine groups is 2. The maximum Gasteiger partial charge on any atom is 0.248 e. The SMILES string of the molecule is O=C1CCON1CC1CC1. The van der Waals surface area contributed by atoms with E-state index < -0.39 is 0 Å². The first-order valence-electron chi connectivity index (χ1n) is 3.79. The van der Waals surface area contributed by atoms with Gasteiger partial charge >= 0.3 is 0 Å². The van der Waals surface area contributed by atoms with Crippen molar-refractivity contribution < 1.29 is 9.63 Å². The van der Waals surface area contributed by atoms with Crippen LogP contribution in [0.25, 0.3) is 0 Å². The standard InChI is InChI=1S/C7H11NO2/c9-7-3-4-10-8(7)5-6-1-2-6/h6H,1-5H2. The molecule has 0 spiro atoms. The number of hydrogen-bond donors (Lipinski definition) is 0. The third kappa shape index (κ3) is 1.14. The highest BCUT2D eigenvalue weighted by Gasteiger charge is 2.29. The molecule has 1 saturated heterocycles. The van der Waals surface area contributed by atoms with E-state index in [4.69, 9.17) is 4.84 Å². The molecule has 3 heteroatoms. The summed E-state index contributed by atoms with van der Waals surface area (Å²) < 4.78 is 0. The third-order valence-corrected chi connectivity index (χ3v) is 1.96. The van der Waals surface area contributed by atoms with E-state index in [1.165, 1.54) is 17.9 Å². The van der Waals surface area contributed by atoms with Crippen LogP contribution in [0, 0.1) is 5.92 Å². The van der Waals surface area contributed by atoms with Gasteiger partial charge in [-0.2, -0.15) is 0 Å². The molecule has 2 fully saturated rings. The molecule has 0 bridgehead atoms. The van der Waals surface area contributed by atoms with Crippen LogP contribution in [0.4, 0.5) is 0 Å². The quantitative estimate of drug-likeness (QED) is 0.562. The Morgan fingerprint density at radius 3 is 2.90 bits per heavy atom. The molecule has 0 aromatic rings. The van der Waals surface area contributed by atoms with Gasteiger partial charge in [0.1, 0.15) is 0 Å². The van der Waals surface area contributed by atoms with Crippen molar-refractivity contribution in [2.75, 3.05) is 13.2 Å². The summed E-state index contributed by atoms with van der Waals surface area (Å²) in [6.07, 6.45) is 3.12. The van der Waals surface area contributed by atoms with Crippen LogP contribution in [-0.2, 0) is 9.63 Å². The molecule has 0 radical (unpaired) electrons. The molecule has 1 saturated carbocycles. The van der Waals surface area contributed by atoms with Gasteiger partial charge in [-0.15, -0.1) is 0 Å². The van der Waals surface area contributed by atoms with Crippen molar-refractivity contribution in [3.8, 4) is 0 Å². The molecule has 2 aliphatic rings. The van der Waals surface area contributed by atoms with Crippen LogP contribution < -0.4 is 0 Å². The topological polar surface area (TPSA) is 29.5 Å². The van der Waals surface area contributed by atoms with E-state index in [2.05, 4.69) is 0 Å². The molecule has 0 atom stereocenters. The van der Waals surface area contributed by atoms with E-state index in [0.717, 1.165) is 12.5 Å². The fourth-order valence-electron chi connectivity index (χ4n) is 1.13. The normalized spacial score (nSPS) is 26.0. The molecular weight excluding hydrogens is 130 g/mol. The highest BCUT2D eigenvalue weighted by Crippen LogP contribution is 2.30. The number of rotatable bonds is 2. The molecule has 0 unspecified atom stereocenters. The molecule has 0 aromatic heterocycles. The lowest BCUT2D eigenvalue weighted by molar-refractivity contribution is -0.162. The molecule has 56 valence electrons. The largest absolute Gasteiger partial charge is 0.272 e. The summed E-state index contributed by atoms with van der Waals surface area (Å²) in [5.41, 5.74) is 0. The summed E-state index contributed by atoms with van der Waals surface area (Å²) in [4.78, 5) is 16.0. The zero-order chi connectivity index (χ0) is 6.97. The number of nitrogens with zero attached hydrogens (tertiary/aromatic N) is 1. The van der Waals surface area contributed by atoms with Crippen LogP contribution in [0.15, 0.2) is 0 Å². The summed E-state index contributed by atoms with van der Waals surface area (Å²) in [5.74, 6) is 0.897. The van der Waals surface area contributed by atoms with Gasteiger partial charge in [0.25, 0.3) is 0 Å². The maximum absolute atomic E-state index is 10.9. The van der Waals surface area contributed by atoms with Crippen LogP contribution in [0.1, 0.15) is 19.3 Å². The van der Waals surface area contributed by atoms with Crippen molar-refractivity contribution in [1.29, 1.82) is 0 Å². The minimum Gasteiger partial charge on any atom is -0.272 e. The molecule has 3 nitrogen and oxygen atoms in total. The van der Waals surface area contributed by atoms with Crippen molar-refractivity contribution in [1.82, 2.24) is 5.06 Å². The van der Waals surface area contributed by atoms with Crippen molar-refractivity contribution in [2.45, 2.75) is 19.3 Å². The lowest BCUT2D eigenvalue weighted by Crippen LogP contribution is -2.25. The Morgan fingerprint density at radius 2 is 2.40 bits per heavy atom. The highest BCUT2D eigenvalue weighted by atomic mass is 16.7. The molecule has 1 aliphatic heterocycles. The molecule has 0 N–H and O–H groups in total. The van der Waals surface area contributed by atoms with Crippen molar-refractivity contribution >= 4 is 5.91 Å². The summed E-state index contributed by atoms with van der Waals surface area (Å²) >= 11 is 0. The minimum absolute atomic E-state index is 0.159. The van der Waals surface area contributed by atoms with Gasteiger partial charge in [0.2, 0.25) is 5.91 Å². The number of hydrogen-bond acceptors (Lipinski definition) is 2. The highest BCUT2D eigenvalue weighted by molar-refractivity contribution is 5.76. The molecular formula is C7H11NO2. The molecule has 0 aromatic carbocycles. The monoisotopic (exact) mass is 141 g/mol. The van der Waals surface area contributed by atoms with E-state index >= 15 is 0 Å². The predicted molar refractivity (Wildman–Crippen MR) is 35.0 cm³/mol. The Morgan fingerprint density at radius 1 is 1.60 bits per heavy atom. The first kappa shape index (κ1) is 6.16. The van der Waals surface area contributed by atoms with Gasteiger partial charge in [0, 0.05) is 0 Å². The summed E-state index contributed by atoms with van der Waals surface area (Å²) in [5, 5.41) is 1.53. The Bertz CT molecular complexity index is 154. The lowest BCUT2D eigenvalue weighted by Gasteiger charge is -2.12. The second-order valence-corrected chi connectivity index (χ2v) is 2.98. The van der Waals surface area contributed by atoms with Gasteiger partial charge in [-0.25, -0.2) is 5.06 Å². The molecule has 2 rings (SSSR count). The fraction of sp³-hybridized carbons (Fsp3) is 0.857. The van der Waals surface area contributed by atoms with Crippen LogP contribution in [0.2, 0.25) is 0 Å². The van der Waals surface area contributed by atoms with Gasteiger partial charge < -0.3 is 0 Å². The number of carbonyl (C=O) groups is 1. The van der Waals surface area contributed by atoms with Gasteiger partial charge in [-0.05, 0) is 18.8 Å². The second-order valence-electron chi connectivity index (χ2n) is 2.98. The van der Waals surface area contributed by atoms with Gasteiger partial charge in [-0.3, -0.25) is 9.63 Å². The van der Waals surface area contributed by atoms with E-state index in [1.807, 2.05) is 0 Å². The van der Waals surface area contributed by atoms with Gasteiger partial charge in [-0.1, -0.05) is 0 Å². The Balaban J connectivity index is 1.84. The van der Waals surface area contributed by atoms with Crippen LogP contribution in [0.3, 0.4) is 0 Å². The average molecular weight is 141 g/mol. The van der Waals surface area contributed by atoms with Crippen LogP contribution >= 0.6 is 0 Å². The van der Waals surface area contributed by atoms with Crippen molar-refractivity contribution in [2.24, 2.45) is 5.92 Å². The molecule has 1 aliphatic carbocycles. The third-order valence-electron chi connectivity index (χ3n) is 1.96. The Kier molecular flexibility index (Phi) is 1.38. The Labute approximate surface area is 59.9 Å². The first-order valence-corrected chi connectivity index (χ1v) is 3.79. The number of amides is 1. The summed E-state index contributed by atoms with van der Waals surface area (Å²) in [6, 6.07) is 0. The van der Waals surface area contributed by atoms with Gasteiger partial charge in [0.15, 0.2) is 0 Å². The smallest absolute Gasteiger partial charge is 0.248 e. The molecule has 1 amide bonds. The molecule has 10 heavy (non-hydrogen) atoms. The van der Waals surface area contributed by atoms with Crippen molar-refractivity contribution in [3.05, 3.63) is 0 Å². The predicted octanol–water partition coefficient (Wildman–Crippen LogP) is 0.560. The number of carbonyl (C=O) groups excluding carboxylic acids is 1. The lowest BCUT2D eigenvalue weighted by atomic mass is 10.4. The van der Waals surface area contributed by atoms with E-state index in [0.29, 0.717) is 13.0 Å². The maximum atomic E-state index is 10.9. The minimum atomic E-state index is 0.159. The van der Waals surface area contributed by atoms with E-state index in [1.54, 1.807) is 0 Å². The first-order chi connectivity index (χ1) is 4.86. The summed E-state index contributed by atoms with van der Waals surface area (Å²) in [6.45, 7) is 1.42. The van der Waals surface area contributed by atoms with E-state index in [-0.39, 0.29) is 5.91 Å². The summed E-state index contributed by atoms with van der Waals surface area (Å²) in [7, 11) is 0. The van der Waals surface area contributed by atoms with Gasteiger partial charge in [0.05, 0.1) is 19.6 Å². The Hall–Kier alpha value is -0.570. The van der Waals surface area contributed by atoms with E-state index in [9.17, 15) is 4.79 Å². The average Bonchev–Trinajstić information content (AvgIpc) is 2.62. The fourth-order valence-corrected chi connectivity index (χ4v) is 1.13.